The third-order valence-electron chi connectivity index (χ3n) is 2.60. The van der Waals surface area contributed by atoms with Gasteiger partial charge in [-0.3, -0.25) is 4.90 Å². The Kier molecular flexibility index (Phi) is 7.03. The molecule has 0 N–H and O–H groups in total. The van der Waals surface area contributed by atoms with Crippen molar-refractivity contribution in [3.8, 4) is 6.07 Å². The number of ether oxygens (including phenoxy) is 1. The van der Waals surface area contributed by atoms with Crippen LogP contribution in [0, 0.1) is 11.3 Å². The van der Waals surface area contributed by atoms with E-state index in [-0.39, 0.29) is 0 Å². The Balaban J connectivity index is 2.20. The second-order valence-electron chi connectivity index (χ2n) is 3.90. The lowest BCUT2D eigenvalue weighted by molar-refractivity contribution is 0.147. The summed E-state index contributed by atoms with van der Waals surface area (Å²) in [6.07, 6.45) is 7.22. The second-order valence-corrected chi connectivity index (χ2v) is 3.90. The van der Waals surface area contributed by atoms with Crippen LogP contribution in [0.4, 0.5) is 0 Å². The highest BCUT2D eigenvalue weighted by Crippen LogP contribution is 1.97. The quantitative estimate of drug-likeness (QED) is 0.645. The first-order valence-electron chi connectivity index (χ1n) is 5.91. The van der Waals surface area contributed by atoms with E-state index in [0.29, 0.717) is 6.42 Å². The minimum atomic E-state index is 0.578. The molecule has 1 aromatic heterocycles. The summed E-state index contributed by atoms with van der Waals surface area (Å²) in [6, 6.07) is 2.18. The topological polar surface area (TPSA) is 54.1 Å². The van der Waals surface area contributed by atoms with E-state index in [4.69, 9.17) is 10.00 Å². The molecule has 94 valence electrons. The van der Waals surface area contributed by atoms with Crippen molar-refractivity contribution in [2.45, 2.75) is 19.4 Å². The minimum absolute atomic E-state index is 0.578. The van der Waals surface area contributed by atoms with E-state index in [1.807, 2.05) is 12.5 Å². The fourth-order valence-corrected chi connectivity index (χ4v) is 1.66. The molecule has 1 aromatic rings. The van der Waals surface area contributed by atoms with Gasteiger partial charge in [-0.05, 0) is 13.0 Å². The summed E-state index contributed by atoms with van der Waals surface area (Å²) in [5, 5.41) is 8.60. The first kappa shape index (κ1) is 13.7. The Morgan fingerprint density at radius 2 is 2.29 bits per heavy atom. The highest BCUT2D eigenvalue weighted by atomic mass is 16.5. The normalized spacial score (nSPS) is 10.6. The number of hydrogen-bond acceptors (Lipinski definition) is 4. The highest BCUT2D eigenvalue weighted by molar-refractivity contribution is 4.75. The lowest BCUT2D eigenvalue weighted by Crippen LogP contribution is -2.30. The molecule has 0 unspecified atom stereocenters. The standard InChI is InChI=1S/C12H20N4O/c1-17-11-10-15(6-2-4-13)7-3-8-16-9-5-14-12-16/h5,9,12H,2-3,6-8,10-11H2,1H3. The first-order chi connectivity index (χ1) is 8.36. The Bertz CT molecular complexity index is 318. The minimum Gasteiger partial charge on any atom is -0.383 e. The average molecular weight is 236 g/mol. The van der Waals surface area contributed by atoms with Crippen molar-refractivity contribution < 1.29 is 4.74 Å². The smallest absolute Gasteiger partial charge is 0.0945 e. The maximum Gasteiger partial charge on any atom is 0.0945 e. The maximum atomic E-state index is 8.60. The number of nitrogens with zero attached hydrogens (tertiary/aromatic N) is 4. The predicted octanol–water partition coefficient (Wildman–Crippen LogP) is 1.14. The van der Waals surface area contributed by atoms with Crippen molar-refractivity contribution in [1.82, 2.24) is 14.5 Å². The number of aryl methyl sites for hydroxylation is 1. The van der Waals surface area contributed by atoms with Crippen LogP contribution in [0.3, 0.4) is 0 Å². The van der Waals surface area contributed by atoms with Crippen molar-refractivity contribution in [2.75, 3.05) is 33.4 Å². The molecule has 0 saturated carbocycles. The summed E-state index contributed by atoms with van der Waals surface area (Å²) >= 11 is 0. The van der Waals surface area contributed by atoms with Gasteiger partial charge in [0.25, 0.3) is 0 Å². The summed E-state index contributed by atoms with van der Waals surface area (Å²) in [5.74, 6) is 0. The number of hydrogen-bond donors (Lipinski definition) is 0. The third-order valence-corrected chi connectivity index (χ3v) is 2.60. The van der Waals surface area contributed by atoms with Crippen LogP contribution in [0.15, 0.2) is 18.7 Å². The number of methoxy groups -OCH3 is 1. The fraction of sp³-hybridized carbons (Fsp3) is 0.667. The number of nitriles is 1. The van der Waals surface area contributed by atoms with Gasteiger partial charge in [-0.25, -0.2) is 4.98 Å². The van der Waals surface area contributed by atoms with Crippen LogP contribution in [0.25, 0.3) is 0 Å². The molecule has 5 heteroatoms. The van der Waals surface area contributed by atoms with Crippen LogP contribution in [0.2, 0.25) is 0 Å². The number of rotatable bonds is 9. The monoisotopic (exact) mass is 236 g/mol. The van der Waals surface area contributed by atoms with Crippen LogP contribution in [0.1, 0.15) is 12.8 Å². The van der Waals surface area contributed by atoms with Crippen LogP contribution >= 0.6 is 0 Å². The van der Waals surface area contributed by atoms with Crippen molar-refractivity contribution >= 4 is 0 Å². The molecule has 0 amide bonds. The van der Waals surface area contributed by atoms with E-state index in [1.165, 1.54) is 0 Å². The highest BCUT2D eigenvalue weighted by Gasteiger charge is 2.03. The number of imidazole rings is 1. The van der Waals surface area contributed by atoms with Crippen molar-refractivity contribution in [2.24, 2.45) is 0 Å². The van der Waals surface area contributed by atoms with Crippen LogP contribution in [-0.2, 0) is 11.3 Å². The van der Waals surface area contributed by atoms with Crippen LogP contribution < -0.4 is 0 Å². The zero-order valence-corrected chi connectivity index (χ0v) is 10.4. The molecule has 1 rings (SSSR count). The van der Waals surface area contributed by atoms with Gasteiger partial charge >= 0.3 is 0 Å². The Morgan fingerprint density at radius 1 is 1.41 bits per heavy atom. The van der Waals surface area contributed by atoms with E-state index in [0.717, 1.165) is 39.2 Å². The molecular formula is C12H20N4O. The lowest BCUT2D eigenvalue weighted by Gasteiger charge is -2.20. The van der Waals surface area contributed by atoms with Gasteiger partial charge in [0.1, 0.15) is 0 Å². The first-order valence-corrected chi connectivity index (χ1v) is 5.91. The maximum absolute atomic E-state index is 8.60. The lowest BCUT2D eigenvalue weighted by atomic mass is 10.3. The molecule has 0 saturated heterocycles. The van der Waals surface area contributed by atoms with Crippen LogP contribution in [0.5, 0.6) is 0 Å². The Labute approximate surface area is 103 Å². The Morgan fingerprint density at radius 3 is 2.94 bits per heavy atom. The van der Waals surface area contributed by atoms with Gasteiger partial charge in [0.05, 0.1) is 19.0 Å². The van der Waals surface area contributed by atoms with E-state index < -0.39 is 0 Å². The molecule has 1 heterocycles. The van der Waals surface area contributed by atoms with E-state index in [9.17, 15) is 0 Å². The van der Waals surface area contributed by atoms with E-state index in [1.54, 1.807) is 13.3 Å². The van der Waals surface area contributed by atoms with E-state index >= 15 is 0 Å². The van der Waals surface area contributed by atoms with Gasteiger partial charge in [0, 0.05) is 45.6 Å². The third kappa shape index (κ3) is 6.05. The molecule has 0 aliphatic heterocycles. The van der Waals surface area contributed by atoms with E-state index in [2.05, 4.69) is 20.5 Å². The molecule has 0 bridgehead atoms. The molecule has 5 nitrogen and oxygen atoms in total. The number of aromatic nitrogens is 2. The van der Waals surface area contributed by atoms with Crippen LogP contribution in [-0.4, -0.2) is 47.8 Å². The Hall–Kier alpha value is -1.38. The second kappa shape index (κ2) is 8.74. The summed E-state index contributed by atoms with van der Waals surface area (Å²) in [7, 11) is 1.70. The summed E-state index contributed by atoms with van der Waals surface area (Å²) < 4.78 is 7.13. The molecule has 0 aromatic carbocycles. The molecule has 0 spiro atoms. The van der Waals surface area contributed by atoms with Gasteiger partial charge in [0.2, 0.25) is 0 Å². The average Bonchev–Trinajstić information content (AvgIpc) is 2.85. The molecule has 0 fully saturated rings. The fourth-order valence-electron chi connectivity index (χ4n) is 1.66. The predicted molar refractivity (Wildman–Crippen MR) is 65.4 cm³/mol. The summed E-state index contributed by atoms with van der Waals surface area (Å²) in [5.41, 5.74) is 0. The van der Waals surface area contributed by atoms with Gasteiger partial charge in [0.15, 0.2) is 0 Å². The van der Waals surface area contributed by atoms with Gasteiger partial charge in [-0.2, -0.15) is 5.26 Å². The molecule has 17 heavy (non-hydrogen) atoms. The zero-order chi connectivity index (χ0) is 12.3. The van der Waals surface area contributed by atoms with Crippen molar-refractivity contribution in [3.05, 3.63) is 18.7 Å². The van der Waals surface area contributed by atoms with Crippen molar-refractivity contribution in [1.29, 1.82) is 5.26 Å². The molecule has 0 aliphatic rings. The van der Waals surface area contributed by atoms with Gasteiger partial charge in [-0.15, -0.1) is 0 Å². The van der Waals surface area contributed by atoms with Gasteiger partial charge < -0.3 is 9.30 Å². The summed E-state index contributed by atoms with van der Waals surface area (Å²) in [4.78, 5) is 6.27. The molecule has 0 aliphatic carbocycles. The zero-order valence-electron chi connectivity index (χ0n) is 10.4. The molecule has 0 atom stereocenters. The largest absolute Gasteiger partial charge is 0.383 e. The molecule has 0 radical (unpaired) electrons. The molecular weight excluding hydrogens is 216 g/mol. The van der Waals surface area contributed by atoms with Gasteiger partial charge in [-0.1, -0.05) is 0 Å². The van der Waals surface area contributed by atoms with Crippen molar-refractivity contribution in [3.63, 3.8) is 0 Å². The summed E-state index contributed by atoms with van der Waals surface area (Å²) in [6.45, 7) is 4.39. The SMILES string of the molecule is COCCN(CCC#N)CCCn1ccnc1.